The van der Waals surface area contributed by atoms with Crippen molar-refractivity contribution >= 4 is 17.3 Å². The van der Waals surface area contributed by atoms with Crippen LogP contribution in [0.1, 0.15) is 26.7 Å². The number of pyridine rings is 1. The molecule has 0 amide bonds. The van der Waals surface area contributed by atoms with Crippen molar-refractivity contribution in [1.29, 1.82) is 0 Å². The number of rotatable bonds is 4. The second-order valence-corrected chi connectivity index (χ2v) is 3.16. The van der Waals surface area contributed by atoms with Gasteiger partial charge in [0.15, 0.2) is 5.75 Å². The number of hydrogen-bond donors (Lipinski definition) is 0. The molecule has 1 heterocycles. The van der Waals surface area contributed by atoms with E-state index in [1.54, 1.807) is 18.3 Å². The normalized spacial score (nSPS) is 9.64. The number of nitrogens with zero attached hydrogens (tertiary/aromatic N) is 2. The Morgan fingerprint density at radius 2 is 2.14 bits per heavy atom. The SMILES string of the molecule is CCC(CC)=NOc1ccc(Cl)nc1. The fourth-order valence-electron chi connectivity index (χ4n) is 0.913. The molecule has 1 rings (SSSR count). The predicted molar refractivity (Wildman–Crippen MR) is 57.9 cm³/mol. The molecule has 0 saturated carbocycles. The lowest BCUT2D eigenvalue weighted by Gasteiger charge is -2.00. The van der Waals surface area contributed by atoms with Crippen molar-refractivity contribution in [3.63, 3.8) is 0 Å². The summed E-state index contributed by atoms with van der Waals surface area (Å²) in [5.74, 6) is 0.605. The lowest BCUT2D eigenvalue weighted by Crippen LogP contribution is -1.96. The molecule has 0 spiro atoms. The molecule has 0 aliphatic heterocycles. The number of hydrogen-bond acceptors (Lipinski definition) is 3. The molecule has 1 aromatic heterocycles. The first kappa shape index (κ1) is 11.0. The fraction of sp³-hybridized carbons (Fsp3) is 0.400. The first-order valence-corrected chi connectivity index (χ1v) is 4.98. The summed E-state index contributed by atoms with van der Waals surface area (Å²) in [5, 5.41) is 4.45. The molecule has 76 valence electrons. The van der Waals surface area contributed by atoms with Gasteiger partial charge >= 0.3 is 0 Å². The van der Waals surface area contributed by atoms with Crippen LogP contribution in [0, 0.1) is 0 Å². The summed E-state index contributed by atoms with van der Waals surface area (Å²) in [7, 11) is 0. The first-order chi connectivity index (χ1) is 6.76. The minimum absolute atomic E-state index is 0.451. The Morgan fingerprint density at radius 3 is 2.64 bits per heavy atom. The van der Waals surface area contributed by atoms with Crippen molar-refractivity contribution in [3.8, 4) is 5.75 Å². The average Bonchev–Trinajstić information content (AvgIpc) is 2.22. The fourth-order valence-corrected chi connectivity index (χ4v) is 1.02. The van der Waals surface area contributed by atoms with Gasteiger partial charge in [0.05, 0.1) is 11.9 Å². The minimum Gasteiger partial charge on any atom is -0.355 e. The molecule has 0 radical (unpaired) electrons. The van der Waals surface area contributed by atoms with Gasteiger partial charge in [0, 0.05) is 0 Å². The van der Waals surface area contributed by atoms with Crippen molar-refractivity contribution in [2.24, 2.45) is 5.16 Å². The molecule has 4 heteroatoms. The molecule has 0 unspecified atom stereocenters. The summed E-state index contributed by atoms with van der Waals surface area (Å²) < 4.78 is 0. The zero-order valence-corrected chi connectivity index (χ0v) is 9.08. The van der Waals surface area contributed by atoms with E-state index in [-0.39, 0.29) is 0 Å². The van der Waals surface area contributed by atoms with Crippen LogP contribution in [0.5, 0.6) is 5.75 Å². The van der Waals surface area contributed by atoms with Gasteiger partial charge in [-0.25, -0.2) is 4.98 Å². The van der Waals surface area contributed by atoms with Crippen molar-refractivity contribution < 1.29 is 4.84 Å². The van der Waals surface area contributed by atoms with Crippen LogP contribution < -0.4 is 4.84 Å². The predicted octanol–water partition coefficient (Wildman–Crippen LogP) is 3.29. The number of aromatic nitrogens is 1. The van der Waals surface area contributed by atoms with Gasteiger partial charge in [-0.15, -0.1) is 0 Å². The maximum Gasteiger partial charge on any atom is 0.176 e. The molecule has 1 aromatic rings. The van der Waals surface area contributed by atoms with E-state index in [1.165, 1.54) is 0 Å². The van der Waals surface area contributed by atoms with E-state index >= 15 is 0 Å². The van der Waals surface area contributed by atoms with Crippen LogP contribution in [0.25, 0.3) is 0 Å². The van der Waals surface area contributed by atoms with Gasteiger partial charge in [0.25, 0.3) is 0 Å². The standard InChI is InChI=1S/C10H13ClN2O/c1-3-8(4-2)13-14-9-5-6-10(11)12-7-9/h5-7H,3-4H2,1-2H3. The molecule has 0 fully saturated rings. The van der Waals surface area contributed by atoms with Gasteiger partial charge in [-0.1, -0.05) is 30.6 Å². The zero-order valence-electron chi connectivity index (χ0n) is 8.33. The van der Waals surface area contributed by atoms with Gasteiger partial charge in [0.1, 0.15) is 5.15 Å². The Bertz CT molecular complexity index is 302. The van der Waals surface area contributed by atoms with E-state index in [4.69, 9.17) is 16.4 Å². The van der Waals surface area contributed by atoms with Crippen molar-refractivity contribution in [3.05, 3.63) is 23.5 Å². The molecule has 3 nitrogen and oxygen atoms in total. The molecular formula is C10H13ClN2O. The van der Waals surface area contributed by atoms with Crippen LogP contribution in [0.15, 0.2) is 23.5 Å². The quantitative estimate of drug-likeness (QED) is 0.436. The molecule has 0 bridgehead atoms. The highest BCUT2D eigenvalue weighted by Crippen LogP contribution is 2.12. The van der Waals surface area contributed by atoms with E-state index in [1.807, 2.05) is 13.8 Å². The summed E-state index contributed by atoms with van der Waals surface area (Å²) in [5.41, 5.74) is 1.03. The topological polar surface area (TPSA) is 34.5 Å². The van der Waals surface area contributed by atoms with E-state index < -0.39 is 0 Å². The van der Waals surface area contributed by atoms with E-state index in [0.717, 1.165) is 18.6 Å². The molecule has 0 aromatic carbocycles. The van der Waals surface area contributed by atoms with Gasteiger partial charge in [0.2, 0.25) is 0 Å². The van der Waals surface area contributed by atoms with Crippen LogP contribution in [0.3, 0.4) is 0 Å². The van der Waals surface area contributed by atoms with Crippen LogP contribution in [0.2, 0.25) is 5.15 Å². The molecule has 0 atom stereocenters. The van der Waals surface area contributed by atoms with E-state index in [9.17, 15) is 0 Å². The molecule has 0 aliphatic carbocycles. The highest BCUT2D eigenvalue weighted by molar-refractivity contribution is 6.29. The first-order valence-electron chi connectivity index (χ1n) is 4.60. The minimum atomic E-state index is 0.451. The van der Waals surface area contributed by atoms with Gasteiger partial charge in [-0.05, 0) is 25.0 Å². The maximum atomic E-state index is 5.63. The molecule has 0 N–H and O–H groups in total. The average molecular weight is 213 g/mol. The number of halogens is 1. The maximum absolute atomic E-state index is 5.63. The Hall–Kier alpha value is -1.09. The van der Waals surface area contributed by atoms with Crippen LogP contribution >= 0.6 is 11.6 Å². The van der Waals surface area contributed by atoms with E-state index in [2.05, 4.69) is 10.1 Å². The Balaban J connectivity index is 2.60. The van der Waals surface area contributed by atoms with Crippen LogP contribution in [-0.2, 0) is 0 Å². The third-order valence-corrected chi connectivity index (χ3v) is 2.02. The lowest BCUT2D eigenvalue weighted by molar-refractivity contribution is 0.337. The second-order valence-electron chi connectivity index (χ2n) is 2.77. The Kier molecular flexibility index (Phi) is 4.40. The third-order valence-electron chi connectivity index (χ3n) is 1.80. The van der Waals surface area contributed by atoms with Crippen LogP contribution in [0.4, 0.5) is 0 Å². The summed E-state index contributed by atoms with van der Waals surface area (Å²) in [4.78, 5) is 9.05. The van der Waals surface area contributed by atoms with Crippen LogP contribution in [-0.4, -0.2) is 10.7 Å². The van der Waals surface area contributed by atoms with Crippen molar-refractivity contribution in [2.75, 3.05) is 0 Å². The second kappa shape index (κ2) is 5.60. The molecule has 14 heavy (non-hydrogen) atoms. The molecule has 0 aliphatic rings. The highest BCUT2D eigenvalue weighted by atomic mass is 35.5. The highest BCUT2D eigenvalue weighted by Gasteiger charge is 1.95. The monoisotopic (exact) mass is 212 g/mol. The van der Waals surface area contributed by atoms with E-state index in [0.29, 0.717) is 10.9 Å². The zero-order chi connectivity index (χ0) is 10.4. The van der Waals surface area contributed by atoms with Gasteiger partial charge in [-0.3, -0.25) is 0 Å². The third kappa shape index (κ3) is 3.34. The molecular weight excluding hydrogens is 200 g/mol. The Morgan fingerprint density at radius 1 is 1.43 bits per heavy atom. The molecule has 0 saturated heterocycles. The smallest absolute Gasteiger partial charge is 0.176 e. The van der Waals surface area contributed by atoms with Crippen molar-refractivity contribution in [2.45, 2.75) is 26.7 Å². The Labute approximate surface area is 88.7 Å². The summed E-state index contributed by atoms with van der Waals surface area (Å²) >= 11 is 5.63. The summed E-state index contributed by atoms with van der Waals surface area (Å²) in [6.45, 7) is 4.09. The summed E-state index contributed by atoms with van der Waals surface area (Å²) in [6.07, 6.45) is 3.35. The largest absolute Gasteiger partial charge is 0.355 e. The van der Waals surface area contributed by atoms with Gasteiger partial charge < -0.3 is 4.84 Å². The number of oxime groups is 1. The lowest BCUT2D eigenvalue weighted by atomic mass is 10.2. The van der Waals surface area contributed by atoms with Gasteiger partial charge in [-0.2, -0.15) is 0 Å². The summed E-state index contributed by atoms with van der Waals surface area (Å²) in [6, 6.07) is 3.41. The van der Waals surface area contributed by atoms with Crippen molar-refractivity contribution in [1.82, 2.24) is 4.98 Å².